The molecule has 1 saturated heterocycles. The number of benzene rings is 1. The van der Waals surface area contributed by atoms with E-state index in [0.717, 1.165) is 18.1 Å². The van der Waals surface area contributed by atoms with Crippen LogP contribution in [0.15, 0.2) is 18.2 Å². The van der Waals surface area contributed by atoms with Crippen LogP contribution in [0.2, 0.25) is 5.02 Å². The summed E-state index contributed by atoms with van der Waals surface area (Å²) in [6.45, 7) is 5.16. The van der Waals surface area contributed by atoms with Crippen molar-refractivity contribution >= 4 is 18.1 Å². The van der Waals surface area contributed by atoms with Crippen molar-refractivity contribution in [3.05, 3.63) is 34.3 Å². The molecule has 0 amide bonds. The van der Waals surface area contributed by atoms with Crippen molar-refractivity contribution in [2.24, 2.45) is 5.41 Å². The van der Waals surface area contributed by atoms with Crippen molar-refractivity contribution in [1.29, 1.82) is 0 Å². The maximum absolute atomic E-state index is 8.36. The van der Waals surface area contributed by atoms with E-state index in [4.69, 9.17) is 26.2 Å². The molecule has 1 aromatic carbocycles. The van der Waals surface area contributed by atoms with Crippen molar-refractivity contribution in [3.8, 4) is 0 Å². The molecular weight excluding hydrogens is 326 g/mol. The van der Waals surface area contributed by atoms with Crippen LogP contribution in [-0.2, 0) is 16.1 Å². The minimum Gasteiger partial charge on any atom is -0.483 e. The third kappa shape index (κ3) is 4.50. The van der Waals surface area contributed by atoms with Gasteiger partial charge in [0.05, 0.1) is 6.10 Å². The van der Waals surface area contributed by atoms with Crippen LogP contribution in [0.4, 0.5) is 0 Å². The van der Waals surface area contributed by atoms with E-state index in [2.05, 4.69) is 30.0 Å². The highest BCUT2D eigenvalue weighted by atomic mass is 35.5. The lowest BCUT2D eigenvalue weighted by molar-refractivity contribution is -0.122. The van der Waals surface area contributed by atoms with Gasteiger partial charge in [-0.3, -0.25) is 9.69 Å². The van der Waals surface area contributed by atoms with Gasteiger partial charge >= 0.3 is 0 Å². The first-order valence-corrected chi connectivity index (χ1v) is 9.00. The molecular formula is C19H28ClNO3. The van der Waals surface area contributed by atoms with Gasteiger partial charge in [-0.05, 0) is 56.3 Å². The molecule has 0 aromatic heterocycles. The fraction of sp³-hybridized carbons (Fsp3) is 0.632. The molecule has 1 N–H and O–H groups in total. The molecule has 2 fully saturated rings. The Morgan fingerprint density at radius 2 is 2.12 bits per heavy atom. The molecule has 134 valence electrons. The average molecular weight is 354 g/mol. The first-order chi connectivity index (χ1) is 11.5. The molecule has 1 aliphatic heterocycles. The first-order valence-electron chi connectivity index (χ1n) is 8.62. The Morgan fingerprint density at radius 1 is 1.42 bits per heavy atom. The van der Waals surface area contributed by atoms with E-state index in [1.54, 1.807) is 0 Å². The summed E-state index contributed by atoms with van der Waals surface area (Å²) < 4.78 is 5.79. The molecule has 2 atom stereocenters. The number of methoxy groups -OCH3 is 1. The Labute approximate surface area is 149 Å². The monoisotopic (exact) mass is 353 g/mol. The van der Waals surface area contributed by atoms with Crippen LogP contribution in [0.3, 0.4) is 0 Å². The molecule has 0 radical (unpaired) electrons. The number of aryl methyl sites for hydroxylation is 1. The Morgan fingerprint density at radius 3 is 2.79 bits per heavy atom. The number of ether oxygens (including phenoxy) is 1. The van der Waals surface area contributed by atoms with Gasteiger partial charge in [-0.1, -0.05) is 30.2 Å². The van der Waals surface area contributed by atoms with Gasteiger partial charge < -0.3 is 9.84 Å². The van der Waals surface area contributed by atoms with Gasteiger partial charge in [0, 0.05) is 30.6 Å². The van der Waals surface area contributed by atoms with E-state index in [-0.39, 0.29) is 6.47 Å². The molecule has 3 rings (SSSR count). The molecule has 4 nitrogen and oxygen atoms in total. The average Bonchev–Trinajstić information content (AvgIpc) is 2.93. The maximum atomic E-state index is 8.36. The lowest BCUT2D eigenvalue weighted by Crippen LogP contribution is -2.47. The number of halogens is 1. The minimum atomic E-state index is -0.250. The van der Waals surface area contributed by atoms with Crippen LogP contribution in [0.1, 0.15) is 43.2 Å². The van der Waals surface area contributed by atoms with Crippen molar-refractivity contribution in [2.45, 2.75) is 51.7 Å². The van der Waals surface area contributed by atoms with Gasteiger partial charge in [0.25, 0.3) is 6.47 Å². The van der Waals surface area contributed by atoms with E-state index in [1.807, 2.05) is 7.11 Å². The summed E-state index contributed by atoms with van der Waals surface area (Å²) in [5.41, 5.74) is 2.88. The van der Waals surface area contributed by atoms with Gasteiger partial charge in [0.2, 0.25) is 0 Å². The molecule has 24 heavy (non-hydrogen) atoms. The van der Waals surface area contributed by atoms with Gasteiger partial charge in [0.15, 0.2) is 0 Å². The molecule has 5 heteroatoms. The molecule has 0 bridgehead atoms. The molecule has 0 unspecified atom stereocenters. The first kappa shape index (κ1) is 19.2. The highest BCUT2D eigenvalue weighted by Gasteiger charge is 2.45. The summed E-state index contributed by atoms with van der Waals surface area (Å²) in [4.78, 5) is 10.9. The third-order valence-corrected chi connectivity index (χ3v) is 5.75. The lowest BCUT2D eigenvalue weighted by Gasteiger charge is -2.43. The van der Waals surface area contributed by atoms with Gasteiger partial charge in [-0.2, -0.15) is 0 Å². The number of carbonyl (C=O) groups is 1. The number of likely N-dealkylation sites (tertiary alicyclic amines) is 1. The Kier molecular flexibility index (Phi) is 7.08. The standard InChI is InChI=1S/C18H26ClNO.CH2O2/c1-14-6-7-15(16(19)11-14)12-20-10-4-9-18(13-20)8-3-5-17(18)21-2;2-1-3/h6-7,11,17H,3-5,8-10,12-13H2,1-2H3;1H,(H,2,3)/t17-,18-;/m1./s1. The second-order valence-electron chi connectivity index (χ2n) is 6.99. The van der Waals surface area contributed by atoms with Gasteiger partial charge in [0.1, 0.15) is 0 Å². The van der Waals surface area contributed by atoms with Crippen molar-refractivity contribution in [2.75, 3.05) is 20.2 Å². The predicted octanol–water partition coefficient (Wildman–Crippen LogP) is 4.13. The molecule has 1 saturated carbocycles. The molecule has 1 aromatic rings. The van der Waals surface area contributed by atoms with Crippen LogP contribution in [0, 0.1) is 12.3 Å². The van der Waals surface area contributed by atoms with E-state index in [1.165, 1.54) is 49.8 Å². The highest BCUT2D eigenvalue weighted by molar-refractivity contribution is 6.31. The lowest BCUT2D eigenvalue weighted by atomic mass is 9.76. The summed E-state index contributed by atoms with van der Waals surface area (Å²) in [6.07, 6.45) is 6.93. The zero-order chi connectivity index (χ0) is 17.6. The van der Waals surface area contributed by atoms with Crippen LogP contribution in [0.5, 0.6) is 0 Å². The number of carboxylic acid groups (broad SMARTS) is 1. The fourth-order valence-corrected chi connectivity index (χ4v) is 4.65. The quantitative estimate of drug-likeness (QED) is 0.830. The van der Waals surface area contributed by atoms with Crippen molar-refractivity contribution in [1.82, 2.24) is 4.90 Å². The number of hydrogen-bond acceptors (Lipinski definition) is 3. The summed E-state index contributed by atoms with van der Waals surface area (Å²) in [5, 5.41) is 7.80. The number of hydrogen-bond donors (Lipinski definition) is 1. The van der Waals surface area contributed by atoms with Gasteiger partial charge in [-0.25, -0.2) is 0 Å². The molecule has 1 aliphatic carbocycles. The zero-order valence-corrected chi connectivity index (χ0v) is 15.4. The summed E-state index contributed by atoms with van der Waals surface area (Å²) in [7, 11) is 1.88. The molecule has 1 spiro atoms. The predicted molar refractivity (Wildman–Crippen MR) is 96.5 cm³/mol. The van der Waals surface area contributed by atoms with Crippen molar-refractivity contribution in [3.63, 3.8) is 0 Å². The van der Waals surface area contributed by atoms with Crippen LogP contribution in [0.25, 0.3) is 0 Å². The fourth-order valence-electron chi connectivity index (χ4n) is 4.36. The van der Waals surface area contributed by atoms with Gasteiger partial charge in [-0.15, -0.1) is 0 Å². The van der Waals surface area contributed by atoms with E-state index in [0.29, 0.717) is 11.5 Å². The van der Waals surface area contributed by atoms with E-state index < -0.39 is 0 Å². The summed E-state index contributed by atoms with van der Waals surface area (Å²) in [6, 6.07) is 6.42. The normalized spacial score (nSPS) is 26.9. The smallest absolute Gasteiger partial charge is 0.290 e. The van der Waals surface area contributed by atoms with Crippen molar-refractivity contribution < 1.29 is 14.6 Å². The number of nitrogens with zero attached hydrogens (tertiary/aromatic N) is 1. The van der Waals surface area contributed by atoms with Crippen LogP contribution < -0.4 is 0 Å². The Hall–Kier alpha value is -1.10. The van der Waals surface area contributed by atoms with Crippen LogP contribution >= 0.6 is 11.6 Å². The van der Waals surface area contributed by atoms with Crippen LogP contribution in [-0.4, -0.2) is 42.8 Å². The number of piperidine rings is 1. The second kappa shape index (κ2) is 8.84. The maximum Gasteiger partial charge on any atom is 0.290 e. The molecule has 1 heterocycles. The Bertz CT molecular complexity index is 551. The minimum absolute atomic E-state index is 0.250. The number of rotatable bonds is 3. The Balaban J connectivity index is 0.000000647. The zero-order valence-electron chi connectivity index (χ0n) is 14.6. The highest BCUT2D eigenvalue weighted by Crippen LogP contribution is 2.46. The second-order valence-corrected chi connectivity index (χ2v) is 7.40. The molecule has 2 aliphatic rings. The third-order valence-electron chi connectivity index (χ3n) is 5.40. The topological polar surface area (TPSA) is 49.8 Å². The largest absolute Gasteiger partial charge is 0.483 e. The van der Waals surface area contributed by atoms with E-state index >= 15 is 0 Å². The summed E-state index contributed by atoms with van der Waals surface area (Å²) in [5.74, 6) is 0. The SMILES string of the molecule is CO[C@@H]1CCC[C@]12CCCN(Cc1ccc(C)cc1Cl)C2.O=CO. The summed E-state index contributed by atoms with van der Waals surface area (Å²) >= 11 is 6.40. The van der Waals surface area contributed by atoms with E-state index in [9.17, 15) is 0 Å².